The van der Waals surface area contributed by atoms with Crippen LogP contribution in [0, 0.1) is 0 Å². The van der Waals surface area contributed by atoms with E-state index in [1.807, 2.05) is 0 Å². The van der Waals surface area contributed by atoms with Crippen LogP contribution in [0.5, 0.6) is 5.75 Å². The van der Waals surface area contributed by atoms with E-state index in [4.69, 9.17) is 15.2 Å². The van der Waals surface area contributed by atoms with Gasteiger partial charge in [-0.05, 0) is 87.7 Å². The molecule has 0 saturated carbocycles. The van der Waals surface area contributed by atoms with Gasteiger partial charge < -0.3 is 20.1 Å². The van der Waals surface area contributed by atoms with Crippen molar-refractivity contribution < 1.29 is 9.47 Å². The highest BCUT2D eigenvalue weighted by Crippen LogP contribution is 2.39. The van der Waals surface area contributed by atoms with Gasteiger partial charge in [-0.3, -0.25) is 0 Å². The van der Waals surface area contributed by atoms with E-state index in [0.717, 1.165) is 64.2 Å². The van der Waals surface area contributed by atoms with E-state index >= 15 is 0 Å². The molecule has 2 fully saturated rings. The summed E-state index contributed by atoms with van der Waals surface area (Å²) >= 11 is 0. The van der Waals surface area contributed by atoms with E-state index in [1.165, 1.54) is 38.0 Å². The van der Waals surface area contributed by atoms with Crippen LogP contribution >= 0.6 is 0 Å². The Morgan fingerprint density at radius 1 is 1.04 bits per heavy atom. The molecule has 0 amide bonds. The third kappa shape index (κ3) is 5.19. The summed E-state index contributed by atoms with van der Waals surface area (Å²) in [6.07, 6.45) is 8.27. The third-order valence-electron chi connectivity index (χ3n) is 5.86. The number of hydrogen-bond acceptors (Lipinski definition) is 4. The highest BCUT2D eigenvalue weighted by molar-refractivity contribution is 5.33. The van der Waals surface area contributed by atoms with Crippen LogP contribution in [0.25, 0.3) is 0 Å². The second-order valence-corrected chi connectivity index (χ2v) is 7.56. The molecule has 0 unspecified atom stereocenters. The van der Waals surface area contributed by atoms with Crippen molar-refractivity contribution in [3.05, 3.63) is 29.8 Å². The molecule has 0 radical (unpaired) electrons. The normalized spacial score (nSPS) is 20.7. The Bertz CT molecular complexity index is 491. The average Bonchev–Trinajstić information content (AvgIpc) is 3.18. The van der Waals surface area contributed by atoms with Crippen molar-refractivity contribution in [3.63, 3.8) is 0 Å². The molecule has 0 spiro atoms. The predicted molar refractivity (Wildman–Crippen MR) is 102 cm³/mol. The molecule has 2 aliphatic rings. The molecule has 25 heavy (non-hydrogen) atoms. The lowest BCUT2D eigenvalue weighted by molar-refractivity contribution is 0.0462. The van der Waals surface area contributed by atoms with Gasteiger partial charge in [0.1, 0.15) is 5.75 Å². The van der Waals surface area contributed by atoms with Gasteiger partial charge in [0.25, 0.3) is 0 Å². The molecule has 1 aromatic rings. The maximum absolute atomic E-state index is 5.95. The number of benzene rings is 1. The summed E-state index contributed by atoms with van der Waals surface area (Å²) in [6.45, 7) is 6.99. The number of likely N-dealkylation sites (tertiary alicyclic amines) is 1. The topological polar surface area (TPSA) is 47.7 Å². The number of hydrogen-bond donors (Lipinski definition) is 1. The van der Waals surface area contributed by atoms with E-state index in [2.05, 4.69) is 29.2 Å². The fourth-order valence-electron chi connectivity index (χ4n) is 4.27. The highest BCUT2D eigenvalue weighted by Gasteiger charge is 2.33. The van der Waals surface area contributed by atoms with Gasteiger partial charge >= 0.3 is 0 Å². The Hall–Kier alpha value is -1.10. The molecular formula is C21H34N2O2. The number of rotatable bonds is 9. The second kappa shape index (κ2) is 9.56. The van der Waals surface area contributed by atoms with Crippen LogP contribution in [-0.4, -0.2) is 50.9 Å². The zero-order valence-corrected chi connectivity index (χ0v) is 15.5. The summed E-state index contributed by atoms with van der Waals surface area (Å²) in [6, 6.07) is 8.81. The lowest BCUT2D eigenvalue weighted by Crippen LogP contribution is -2.34. The van der Waals surface area contributed by atoms with Gasteiger partial charge in [-0.15, -0.1) is 0 Å². The van der Waals surface area contributed by atoms with Crippen LogP contribution in [0.2, 0.25) is 0 Å². The molecule has 2 heterocycles. The smallest absolute Gasteiger partial charge is 0.119 e. The first-order valence-corrected chi connectivity index (χ1v) is 10.1. The summed E-state index contributed by atoms with van der Waals surface area (Å²) in [5, 5.41) is 0. The summed E-state index contributed by atoms with van der Waals surface area (Å²) < 4.78 is 11.5. The van der Waals surface area contributed by atoms with Crippen molar-refractivity contribution in [1.29, 1.82) is 0 Å². The molecule has 4 nitrogen and oxygen atoms in total. The summed E-state index contributed by atoms with van der Waals surface area (Å²) in [5.41, 5.74) is 7.43. The van der Waals surface area contributed by atoms with Gasteiger partial charge in [0.05, 0.1) is 6.61 Å². The highest BCUT2D eigenvalue weighted by atomic mass is 16.5. The Kier molecular flexibility index (Phi) is 7.14. The van der Waals surface area contributed by atoms with Crippen LogP contribution in [0.3, 0.4) is 0 Å². The predicted octanol–water partition coefficient (Wildman–Crippen LogP) is 3.34. The van der Waals surface area contributed by atoms with E-state index in [9.17, 15) is 0 Å². The molecule has 4 heteroatoms. The quantitative estimate of drug-likeness (QED) is 0.697. The van der Waals surface area contributed by atoms with Gasteiger partial charge in [-0.2, -0.15) is 0 Å². The minimum atomic E-state index is 0.242. The number of nitrogens with zero attached hydrogens (tertiary/aromatic N) is 1. The Morgan fingerprint density at radius 3 is 2.44 bits per heavy atom. The van der Waals surface area contributed by atoms with E-state index < -0.39 is 0 Å². The minimum absolute atomic E-state index is 0.242. The monoisotopic (exact) mass is 346 g/mol. The maximum Gasteiger partial charge on any atom is 0.119 e. The molecule has 1 aromatic carbocycles. The lowest BCUT2D eigenvalue weighted by atomic mass is 9.71. The molecule has 0 aliphatic carbocycles. The third-order valence-corrected chi connectivity index (χ3v) is 5.86. The van der Waals surface area contributed by atoms with Crippen LogP contribution < -0.4 is 10.5 Å². The van der Waals surface area contributed by atoms with E-state index in [-0.39, 0.29) is 5.41 Å². The first kappa shape index (κ1) is 18.7. The van der Waals surface area contributed by atoms with Crippen molar-refractivity contribution in [2.75, 3.05) is 46.0 Å². The zero-order chi connectivity index (χ0) is 17.4. The second-order valence-electron chi connectivity index (χ2n) is 7.56. The standard InChI is InChI=1S/C21H34N2O2/c22-12-3-9-21(10-17-24-18-11-21)19-5-7-20(8-6-19)25-16-4-15-23-13-1-2-14-23/h5-8H,1-4,9-18,22H2. The van der Waals surface area contributed by atoms with Crippen molar-refractivity contribution in [2.45, 2.75) is 50.4 Å². The van der Waals surface area contributed by atoms with Gasteiger partial charge in [-0.25, -0.2) is 0 Å². The van der Waals surface area contributed by atoms with Gasteiger partial charge in [0.15, 0.2) is 0 Å². The molecule has 0 aromatic heterocycles. The molecule has 2 saturated heterocycles. The Labute approximate surface area is 152 Å². The van der Waals surface area contributed by atoms with Crippen molar-refractivity contribution in [2.24, 2.45) is 5.73 Å². The van der Waals surface area contributed by atoms with E-state index in [1.54, 1.807) is 0 Å². The zero-order valence-electron chi connectivity index (χ0n) is 15.5. The molecule has 2 N–H and O–H groups in total. The van der Waals surface area contributed by atoms with E-state index in [0.29, 0.717) is 0 Å². The minimum Gasteiger partial charge on any atom is -0.494 e. The molecular weight excluding hydrogens is 312 g/mol. The summed E-state index contributed by atoms with van der Waals surface area (Å²) in [7, 11) is 0. The van der Waals surface area contributed by atoms with Crippen LogP contribution in [0.15, 0.2) is 24.3 Å². The Balaban J connectivity index is 1.51. The van der Waals surface area contributed by atoms with Crippen LogP contribution in [0.4, 0.5) is 0 Å². The first-order valence-electron chi connectivity index (χ1n) is 10.1. The van der Waals surface area contributed by atoms with Crippen molar-refractivity contribution >= 4 is 0 Å². The Morgan fingerprint density at radius 2 is 1.76 bits per heavy atom. The molecule has 3 rings (SSSR count). The summed E-state index contributed by atoms with van der Waals surface area (Å²) in [4.78, 5) is 2.54. The maximum atomic E-state index is 5.95. The van der Waals surface area contributed by atoms with Gasteiger partial charge in [0, 0.05) is 19.8 Å². The number of nitrogens with two attached hydrogens (primary N) is 1. The van der Waals surface area contributed by atoms with Crippen LogP contribution in [-0.2, 0) is 10.2 Å². The molecule has 0 atom stereocenters. The number of ether oxygens (including phenoxy) is 2. The lowest BCUT2D eigenvalue weighted by Gasteiger charge is -2.38. The van der Waals surface area contributed by atoms with Crippen molar-refractivity contribution in [1.82, 2.24) is 4.90 Å². The van der Waals surface area contributed by atoms with Crippen LogP contribution in [0.1, 0.15) is 50.5 Å². The van der Waals surface area contributed by atoms with Gasteiger partial charge in [0.2, 0.25) is 0 Å². The SMILES string of the molecule is NCCCC1(c2ccc(OCCCN3CCCC3)cc2)CCOCC1. The average molecular weight is 347 g/mol. The fraction of sp³-hybridized carbons (Fsp3) is 0.714. The molecule has 0 bridgehead atoms. The molecule has 140 valence electrons. The first-order chi connectivity index (χ1) is 12.3. The summed E-state index contributed by atoms with van der Waals surface area (Å²) in [5.74, 6) is 0.992. The van der Waals surface area contributed by atoms with Gasteiger partial charge in [-0.1, -0.05) is 12.1 Å². The largest absolute Gasteiger partial charge is 0.494 e. The molecule has 2 aliphatic heterocycles. The van der Waals surface area contributed by atoms with Crippen molar-refractivity contribution in [3.8, 4) is 5.75 Å². The fourth-order valence-corrected chi connectivity index (χ4v) is 4.27.